The van der Waals surface area contributed by atoms with Gasteiger partial charge in [0.2, 0.25) is 11.8 Å². The number of ether oxygens (including phenoxy) is 1. The molecule has 0 unspecified atom stereocenters. The van der Waals surface area contributed by atoms with Gasteiger partial charge in [-0.15, -0.1) is 0 Å². The predicted octanol–water partition coefficient (Wildman–Crippen LogP) is 6.18. The highest BCUT2D eigenvalue weighted by atomic mass is 35.5. The van der Waals surface area contributed by atoms with E-state index in [0.717, 1.165) is 17.1 Å². The van der Waals surface area contributed by atoms with Gasteiger partial charge in [0.25, 0.3) is 10.0 Å². The standard InChI is InChI=1S/C29H32Cl3N3O5S/c1-4-5-16-33-29(37)20(2)34(18-23-24(31)12-9-13-25(23)32)28(36)19-35(26-17-21(30)14-15-27(26)40-3)41(38,39)22-10-7-6-8-11-22/h6-15,17,20H,4-5,16,18-19H2,1-3H3,(H,33,37)/t20-/m0/s1. The molecule has 3 rings (SSSR count). The van der Waals surface area contributed by atoms with Gasteiger partial charge in [-0.1, -0.05) is 72.4 Å². The summed E-state index contributed by atoms with van der Waals surface area (Å²) < 4.78 is 34.3. The Morgan fingerprint density at radius 2 is 1.63 bits per heavy atom. The van der Waals surface area contributed by atoms with Gasteiger partial charge in [0.05, 0.1) is 17.7 Å². The summed E-state index contributed by atoms with van der Waals surface area (Å²) in [4.78, 5) is 28.4. The predicted molar refractivity (Wildman–Crippen MR) is 163 cm³/mol. The number of methoxy groups -OCH3 is 1. The molecule has 0 aliphatic carbocycles. The first-order valence-corrected chi connectivity index (χ1v) is 15.5. The van der Waals surface area contributed by atoms with Gasteiger partial charge in [-0.3, -0.25) is 13.9 Å². The molecule has 41 heavy (non-hydrogen) atoms. The van der Waals surface area contributed by atoms with Crippen molar-refractivity contribution in [2.45, 2.75) is 44.2 Å². The second-order valence-corrected chi connectivity index (χ2v) is 12.3. The van der Waals surface area contributed by atoms with Crippen molar-refractivity contribution in [3.8, 4) is 5.75 Å². The van der Waals surface area contributed by atoms with E-state index < -0.39 is 34.4 Å². The smallest absolute Gasteiger partial charge is 0.264 e. The molecule has 0 radical (unpaired) electrons. The lowest BCUT2D eigenvalue weighted by Crippen LogP contribution is -2.51. The molecule has 0 bridgehead atoms. The number of nitrogens with one attached hydrogen (secondary N) is 1. The zero-order valence-electron chi connectivity index (χ0n) is 22.9. The number of halogens is 3. The van der Waals surface area contributed by atoms with Crippen LogP contribution < -0.4 is 14.4 Å². The highest BCUT2D eigenvalue weighted by Gasteiger charge is 2.34. The fraction of sp³-hybridized carbons (Fsp3) is 0.310. The molecule has 1 atom stereocenters. The van der Waals surface area contributed by atoms with E-state index in [4.69, 9.17) is 39.5 Å². The van der Waals surface area contributed by atoms with Gasteiger partial charge in [-0.05, 0) is 55.8 Å². The van der Waals surface area contributed by atoms with Crippen LogP contribution in [0.4, 0.5) is 5.69 Å². The summed E-state index contributed by atoms with van der Waals surface area (Å²) in [6, 6.07) is 16.1. The highest BCUT2D eigenvalue weighted by molar-refractivity contribution is 7.92. The van der Waals surface area contributed by atoms with E-state index in [-0.39, 0.29) is 27.9 Å². The Labute approximate surface area is 256 Å². The van der Waals surface area contributed by atoms with Gasteiger partial charge in [-0.25, -0.2) is 8.42 Å². The van der Waals surface area contributed by atoms with E-state index in [1.54, 1.807) is 49.4 Å². The van der Waals surface area contributed by atoms with Gasteiger partial charge < -0.3 is 15.0 Å². The number of nitrogens with zero attached hydrogens (tertiary/aromatic N) is 2. The van der Waals surface area contributed by atoms with Crippen LogP contribution in [0.15, 0.2) is 71.6 Å². The molecule has 0 fully saturated rings. The SMILES string of the molecule is CCCCNC(=O)[C@H](C)N(Cc1c(Cl)cccc1Cl)C(=O)CN(c1cc(Cl)ccc1OC)S(=O)(=O)c1ccccc1. The topological polar surface area (TPSA) is 96.0 Å². The van der Waals surface area contributed by atoms with Crippen LogP contribution >= 0.6 is 34.8 Å². The number of unbranched alkanes of at least 4 members (excludes halogenated alkanes) is 1. The molecule has 3 aromatic rings. The fourth-order valence-corrected chi connectivity index (χ4v) is 6.18. The second-order valence-electron chi connectivity index (χ2n) is 9.18. The number of sulfonamides is 1. The van der Waals surface area contributed by atoms with Crippen LogP contribution in [-0.4, -0.2) is 51.4 Å². The third-order valence-electron chi connectivity index (χ3n) is 6.41. The maximum absolute atomic E-state index is 14.1. The highest BCUT2D eigenvalue weighted by Crippen LogP contribution is 2.35. The normalized spacial score (nSPS) is 12.0. The Hall–Kier alpha value is -2.98. The molecule has 0 saturated carbocycles. The number of benzene rings is 3. The Morgan fingerprint density at radius 3 is 2.24 bits per heavy atom. The number of carbonyl (C=O) groups excluding carboxylic acids is 2. The third kappa shape index (κ3) is 8.07. The summed E-state index contributed by atoms with van der Waals surface area (Å²) in [5, 5.41) is 3.68. The summed E-state index contributed by atoms with van der Waals surface area (Å²) in [7, 11) is -2.91. The van der Waals surface area contributed by atoms with Crippen molar-refractivity contribution in [2.75, 3.05) is 24.5 Å². The van der Waals surface area contributed by atoms with E-state index in [2.05, 4.69) is 5.32 Å². The van der Waals surface area contributed by atoms with Gasteiger partial charge in [0.1, 0.15) is 18.3 Å². The minimum absolute atomic E-state index is 0.0408. The lowest BCUT2D eigenvalue weighted by atomic mass is 10.1. The number of carbonyl (C=O) groups is 2. The van der Waals surface area contributed by atoms with E-state index in [1.165, 1.54) is 36.3 Å². The van der Waals surface area contributed by atoms with Crippen molar-refractivity contribution >= 4 is 62.3 Å². The number of hydrogen-bond acceptors (Lipinski definition) is 5. The Morgan fingerprint density at radius 1 is 0.976 bits per heavy atom. The Bertz CT molecular complexity index is 1450. The molecule has 1 N–H and O–H groups in total. The molecule has 220 valence electrons. The summed E-state index contributed by atoms with van der Waals surface area (Å²) in [6.45, 7) is 3.20. The van der Waals surface area contributed by atoms with Crippen molar-refractivity contribution < 1.29 is 22.7 Å². The third-order valence-corrected chi connectivity index (χ3v) is 9.12. The van der Waals surface area contributed by atoms with Crippen molar-refractivity contribution in [1.29, 1.82) is 0 Å². The lowest BCUT2D eigenvalue weighted by Gasteiger charge is -2.32. The molecule has 3 aromatic carbocycles. The van der Waals surface area contributed by atoms with Crippen LogP contribution in [0.3, 0.4) is 0 Å². The fourth-order valence-electron chi connectivity index (χ4n) is 4.06. The minimum Gasteiger partial charge on any atom is -0.495 e. The lowest BCUT2D eigenvalue weighted by molar-refractivity contribution is -0.139. The molecule has 8 nitrogen and oxygen atoms in total. The molecular weight excluding hydrogens is 609 g/mol. The molecule has 12 heteroatoms. The zero-order chi connectivity index (χ0) is 30.2. The van der Waals surface area contributed by atoms with Gasteiger partial charge >= 0.3 is 0 Å². The maximum atomic E-state index is 14.1. The molecule has 0 spiro atoms. The van der Waals surface area contributed by atoms with E-state index in [1.807, 2.05) is 6.92 Å². The molecule has 0 saturated heterocycles. The van der Waals surface area contributed by atoms with E-state index in [9.17, 15) is 18.0 Å². The van der Waals surface area contributed by atoms with Crippen LogP contribution in [0.25, 0.3) is 0 Å². The van der Waals surface area contributed by atoms with Crippen LogP contribution in [0.5, 0.6) is 5.75 Å². The Balaban J connectivity index is 2.10. The maximum Gasteiger partial charge on any atom is 0.264 e. The number of rotatable bonds is 13. The average Bonchev–Trinajstić information content (AvgIpc) is 2.95. The summed E-state index contributed by atoms with van der Waals surface area (Å²) in [5.41, 5.74) is 0.489. The molecule has 0 heterocycles. The molecule has 0 aliphatic rings. The first kappa shape index (κ1) is 32.5. The van der Waals surface area contributed by atoms with E-state index >= 15 is 0 Å². The van der Waals surface area contributed by atoms with Crippen molar-refractivity contribution in [3.05, 3.63) is 87.4 Å². The zero-order valence-corrected chi connectivity index (χ0v) is 26.0. The van der Waals surface area contributed by atoms with Crippen LogP contribution in [0.1, 0.15) is 32.3 Å². The largest absolute Gasteiger partial charge is 0.495 e. The Kier molecular flexibility index (Phi) is 11.7. The van der Waals surface area contributed by atoms with Crippen LogP contribution in [-0.2, 0) is 26.2 Å². The van der Waals surface area contributed by atoms with Gasteiger partial charge in [0, 0.05) is 33.7 Å². The van der Waals surface area contributed by atoms with Crippen LogP contribution in [0.2, 0.25) is 15.1 Å². The summed E-state index contributed by atoms with van der Waals surface area (Å²) >= 11 is 19.1. The molecule has 0 aliphatic heterocycles. The minimum atomic E-state index is -4.29. The monoisotopic (exact) mass is 639 g/mol. The molecule has 2 amide bonds. The summed E-state index contributed by atoms with van der Waals surface area (Å²) in [6.07, 6.45) is 1.64. The van der Waals surface area contributed by atoms with Crippen molar-refractivity contribution in [3.63, 3.8) is 0 Å². The number of amides is 2. The second kappa shape index (κ2) is 14.8. The molecular formula is C29H32Cl3N3O5S. The van der Waals surface area contributed by atoms with Crippen molar-refractivity contribution in [2.24, 2.45) is 0 Å². The van der Waals surface area contributed by atoms with Crippen LogP contribution in [0, 0.1) is 0 Å². The first-order valence-electron chi connectivity index (χ1n) is 12.9. The van der Waals surface area contributed by atoms with E-state index in [0.29, 0.717) is 22.2 Å². The number of anilines is 1. The first-order chi connectivity index (χ1) is 19.5. The van der Waals surface area contributed by atoms with Crippen molar-refractivity contribution in [1.82, 2.24) is 10.2 Å². The van der Waals surface area contributed by atoms with Gasteiger partial charge in [0.15, 0.2) is 0 Å². The van der Waals surface area contributed by atoms with Gasteiger partial charge in [-0.2, -0.15) is 0 Å². The molecule has 0 aromatic heterocycles. The average molecular weight is 641 g/mol. The number of hydrogen-bond donors (Lipinski definition) is 1. The quantitative estimate of drug-likeness (QED) is 0.225. The summed E-state index contributed by atoms with van der Waals surface area (Å²) in [5.74, 6) is -0.874.